The van der Waals surface area contributed by atoms with Gasteiger partial charge in [-0.15, -0.1) is 12.4 Å². The molecule has 0 saturated carbocycles. The van der Waals surface area contributed by atoms with Gasteiger partial charge < -0.3 is 15.8 Å². The largest absolute Gasteiger partial charge is 0.488 e. The molecule has 0 atom stereocenters. The molecule has 24 heavy (non-hydrogen) atoms. The first-order valence-corrected chi connectivity index (χ1v) is 7.39. The van der Waals surface area contributed by atoms with Gasteiger partial charge in [0.05, 0.1) is 5.56 Å². The first-order chi connectivity index (χ1) is 10.5. The normalized spacial score (nSPS) is 11.6. The maximum atomic E-state index is 13.2. The smallest absolute Gasteiger partial charge is 0.416 e. The molecule has 1 amide bonds. The zero-order valence-electron chi connectivity index (χ0n) is 14.0. The Morgan fingerprint density at radius 2 is 1.88 bits per heavy atom. The summed E-state index contributed by atoms with van der Waals surface area (Å²) in [7, 11) is 0. The fourth-order valence-electron chi connectivity index (χ4n) is 1.94. The second-order valence-electron chi connectivity index (χ2n) is 6.20. The van der Waals surface area contributed by atoms with Gasteiger partial charge in [-0.3, -0.25) is 4.79 Å². The number of amides is 1. The zero-order chi connectivity index (χ0) is 17.7. The van der Waals surface area contributed by atoms with Crippen molar-refractivity contribution in [3.05, 3.63) is 29.3 Å². The summed E-state index contributed by atoms with van der Waals surface area (Å²) in [6.07, 6.45) is -3.83. The maximum Gasteiger partial charge on any atom is 0.416 e. The quantitative estimate of drug-likeness (QED) is 0.805. The summed E-state index contributed by atoms with van der Waals surface area (Å²) in [5, 5.41) is 2.48. The molecule has 0 aliphatic carbocycles. The van der Waals surface area contributed by atoms with Crippen LogP contribution in [0.15, 0.2) is 18.2 Å². The Bertz CT molecular complexity index is 543. The molecule has 0 bridgehead atoms. The van der Waals surface area contributed by atoms with Crippen molar-refractivity contribution in [2.45, 2.75) is 51.9 Å². The summed E-state index contributed by atoms with van der Waals surface area (Å²) in [5.74, 6) is -0.179. The average Bonchev–Trinajstić information content (AvgIpc) is 2.40. The van der Waals surface area contributed by atoms with Crippen LogP contribution in [0.3, 0.4) is 0 Å². The van der Waals surface area contributed by atoms with Crippen LogP contribution in [0.25, 0.3) is 0 Å². The lowest BCUT2D eigenvalue weighted by Gasteiger charge is -2.23. The van der Waals surface area contributed by atoms with Gasteiger partial charge in [-0.2, -0.15) is 13.2 Å². The van der Waals surface area contributed by atoms with E-state index in [-0.39, 0.29) is 42.6 Å². The number of rotatable bonds is 6. The molecule has 4 nitrogen and oxygen atoms in total. The zero-order valence-corrected chi connectivity index (χ0v) is 14.8. The first-order valence-electron chi connectivity index (χ1n) is 7.39. The van der Waals surface area contributed by atoms with Gasteiger partial charge >= 0.3 is 6.18 Å². The topological polar surface area (TPSA) is 64.3 Å². The highest BCUT2D eigenvalue weighted by Gasteiger charge is 2.34. The molecule has 0 aliphatic rings. The molecule has 0 radical (unpaired) electrons. The minimum Gasteiger partial charge on any atom is -0.488 e. The van der Waals surface area contributed by atoms with Crippen molar-refractivity contribution in [1.82, 2.24) is 5.32 Å². The number of carbonyl (C=O) groups excluding carboxylic acids is 1. The molecular weight excluding hydrogens is 345 g/mol. The summed E-state index contributed by atoms with van der Waals surface area (Å²) in [6.45, 7) is 5.44. The van der Waals surface area contributed by atoms with E-state index in [9.17, 15) is 18.0 Å². The third kappa shape index (κ3) is 7.88. The Balaban J connectivity index is 0.00000529. The second-order valence-corrected chi connectivity index (χ2v) is 6.20. The van der Waals surface area contributed by atoms with Crippen molar-refractivity contribution in [3.63, 3.8) is 0 Å². The molecular formula is C16H24ClF3N2O2. The number of carbonyl (C=O) groups is 1. The van der Waals surface area contributed by atoms with Crippen LogP contribution in [0.5, 0.6) is 5.75 Å². The fourth-order valence-corrected chi connectivity index (χ4v) is 1.94. The van der Waals surface area contributed by atoms with Gasteiger partial charge in [0.15, 0.2) is 0 Å². The lowest BCUT2D eigenvalue weighted by molar-refractivity contribution is -0.138. The molecule has 0 aromatic heterocycles. The van der Waals surface area contributed by atoms with Crippen LogP contribution >= 0.6 is 12.4 Å². The standard InChI is InChI=1S/C16H23F3N2O2.ClH/c1-15(2,3)23-12-7-6-11(13(9-12)16(17,18)19)10-21-14(22)5-4-8-20;/h6-7,9H,4-5,8,10,20H2,1-3H3,(H,21,22);1H. The van der Waals surface area contributed by atoms with E-state index in [1.54, 1.807) is 20.8 Å². The summed E-state index contributed by atoms with van der Waals surface area (Å²) in [4.78, 5) is 11.5. The third-order valence-electron chi connectivity index (χ3n) is 2.89. The molecule has 0 spiro atoms. The minimum atomic E-state index is -4.52. The van der Waals surface area contributed by atoms with Crippen molar-refractivity contribution >= 4 is 18.3 Å². The minimum absolute atomic E-state index is 0. The summed E-state index contributed by atoms with van der Waals surface area (Å²) < 4.78 is 45.1. The van der Waals surface area contributed by atoms with Crippen LogP contribution in [0, 0.1) is 0 Å². The highest BCUT2D eigenvalue weighted by molar-refractivity contribution is 5.85. The maximum absolute atomic E-state index is 13.2. The predicted molar refractivity (Wildman–Crippen MR) is 89.2 cm³/mol. The van der Waals surface area contributed by atoms with E-state index in [1.807, 2.05) is 0 Å². The Labute approximate surface area is 146 Å². The average molecular weight is 369 g/mol. The number of alkyl halides is 3. The van der Waals surface area contributed by atoms with Crippen LogP contribution in [-0.4, -0.2) is 18.1 Å². The molecule has 0 aliphatic heterocycles. The van der Waals surface area contributed by atoms with Gasteiger partial charge in [0.25, 0.3) is 0 Å². The van der Waals surface area contributed by atoms with E-state index < -0.39 is 17.3 Å². The predicted octanol–water partition coefficient (Wildman–Crippen LogP) is 3.66. The molecule has 8 heteroatoms. The van der Waals surface area contributed by atoms with Crippen molar-refractivity contribution in [2.75, 3.05) is 6.54 Å². The van der Waals surface area contributed by atoms with Crippen LogP contribution in [-0.2, 0) is 17.5 Å². The highest BCUT2D eigenvalue weighted by atomic mass is 35.5. The number of hydrogen-bond acceptors (Lipinski definition) is 3. The number of ether oxygens (including phenoxy) is 1. The van der Waals surface area contributed by atoms with Crippen molar-refractivity contribution in [1.29, 1.82) is 0 Å². The Hall–Kier alpha value is -1.47. The van der Waals surface area contributed by atoms with Crippen LogP contribution in [0.1, 0.15) is 44.7 Å². The summed E-state index contributed by atoms with van der Waals surface area (Å²) in [5.41, 5.74) is 3.89. The first kappa shape index (κ1) is 22.5. The monoisotopic (exact) mass is 368 g/mol. The molecule has 0 unspecified atom stereocenters. The summed E-state index contributed by atoms with van der Waals surface area (Å²) in [6, 6.07) is 3.77. The molecule has 0 fully saturated rings. The number of halogens is 4. The van der Waals surface area contributed by atoms with E-state index in [0.29, 0.717) is 13.0 Å². The number of benzene rings is 1. The van der Waals surface area contributed by atoms with Crippen molar-refractivity contribution in [3.8, 4) is 5.75 Å². The van der Waals surface area contributed by atoms with E-state index in [0.717, 1.165) is 6.07 Å². The molecule has 1 aromatic carbocycles. The molecule has 3 N–H and O–H groups in total. The van der Waals surface area contributed by atoms with E-state index in [2.05, 4.69) is 5.32 Å². The van der Waals surface area contributed by atoms with E-state index in [4.69, 9.17) is 10.5 Å². The molecule has 1 rings (SSSR count). The van der Waals surface area contributed by atoms with Crippen molar-refractivity contribution in [2.24, 2.45) is 5.73 Å². The van der Waals surface area contributed by atoms with E-state index >= 15 is 0 Å². The van der Waals surface area contributed by atoms with Gasteiger partial charge in [0.2, 0.25) is 5.91 Å². The van der Waals surface area contributed by atoms with Crippen LogP contribution < -0.4 is 15.8 Å². The second kappa shape index (κ2) is 9.13. The van der Waals surface area contributed by atoms with Gasteiger partial charge in [0.1, 0.15) is 11.4 Å². The lowest BCUT2D eigenvalue weighted by atomic mass is 10.1. The molecule has 138 valence electrons. The van der Waals surface area contributed by atoms with Gasteiger partial charge in [-0.1, -0.05) is 6.07 Å². The highest BCUT2D eigenvalue weighted by Crippen LogP contribution is 2.35. The Kier molecular flexibility index (Phi) is 8.57. The van der Waals surface area contributed by atoms with Crippen LogP contribution in [0.2, 0.25) is 0 Å². The van der Waals surface area contributed by atoms with Gasteiger partial charge in [-0.05, 0) is 51.4 Å². The SMILES string of the molecule is CC(C)(C)Oc1ccc(CNC(=O)CCCN)c(C(F)(F)F)c1.Cl. The molecule has 0 heterocycles. The molecule has 1 aromatic rings. The van der Waals surface area contributed by atoms with Gasteiger partial charge in [-0.25, -0.2) is 0 Å². The molecule has 0 saturated heterocycles. The number of nitrogens with two attached hydrogens (primary N) is 1. The van der Waals surface area contributed by atoms with Crippen molar-refractivity contribution < 1.29 is 22.7 Å². The lowest BCUT2D eigenvalue weighted by Crippen LogP contribution is -2.26. The summed E-state index contributed by atoms with van der Waals surface area (Å²) >= 11 is 0. The van der Waals surface area contributed by atoms with Gasteiger partial charge in [0, 0.05) is 13.0 Å². The van der Waals surface area contributed by atoms with E-state index in [1.165, 1.54) is 12.1 Å². The fraction of sp³-hybridized carbons (Fsp3) is 0.562. The number of hydrogen-bond donors (Lipinski definition) is 2. The number of nitrogens with one attached hydrogen (secondary N) is 1. The Morgan fingerprint density at radius 1 is 1.25 bits per heavy atom. The Morgan fingerprint density at radius 3 is 2.38 bits per heavy atom. The third-order valence-corrected chi connectivity index (χ3v) is 2.89. The van der Waals surface area contributed by atoms with Crippen LogP contribution in [0.4, 0.5) is 13.2 Å².